The fraction of sp³-hybridized carbons (Fsp3) is 0.377. The fourth-order valence-corrected chi connectivity index (χ4v) is 13.9. The Balaban J connectivity index is 0.000000165. The van der Waals surface area contributed by atoms with Crippen molar-refractivity contribution in [2.75, 3.05) is 0 Å². The van der Waals surface area contributed by atoms with Gasteiger partial charge in [0.2, 0.25) is 0 Å². The Labute approximate surface area is 531 Å². The Morgan fingerprint density at radius 3 is 1.22 bits per heavy atom. The molecule has 92 heavy (non-hydrogen) atoms. The number of alkyl halides is 6. The minimum atomic E-state index is -5.08. The van der Waals surface area contributed by atoms with Crippen LogP contribution >= 0.6 is 0 Å². The lowest BCUT2D eigenvalue weighted by atomic mass is 9.68. The maximum atomic E-state index is 14.9. The largest absolute Gasteiger partial charge is 0.573 e. The maximum absolute atomic E-state index is 14.9. The quantitative estimate of drug-likeness (QED) is 0.0709. The predicted octanol–water partition coefficient (Wildman–Crippen LogP) is 25.1. The Kier molecular flexibility index (Phi) is 23.5. The number of hydrogen-bond donors (Lipinski definition) is 0. The lowest BCUT2D eigenvalue weighted by Gasteiger charge is -2.38. The van der Waals surface area contributed by atoms with Gasteiger partial charge < -0.3 is 9.47 Å². The second kappa shape index (κ2) is 31.4. The Hall–Kier alpha value is -7.55. The summed E-state index contributed by atoms with van der Waals surface area (Å²) in [4.78, 5) is 0. The van der Waals surface area contributed by atoms with Crippen LogP contribution in [0.2, 0.25) is 0 Å². The summed E-state index contributed by atoms with van der Waals surface area (Å²) in [5, 5.41) is 0. The first-order valence-electron chi connectivity index (χ1n) is 32.2. The summed E-state index contributed by atoms with van der Waals surface area (Å²) in [5.41, 5.74) is 7.45. The van der Waals surface area contributed by atoms with E-state index in [1.807, 2.05) is 60.7 Å². The van der Waals surface area contributed by atoms with Gasteiger partial charge in [-0.1, -0.05) is 169 Å². The van der Waals surface area contributed by atoms with Crippen LogP contribution in [0.3, 0.4) is 0 Å². The Morgan fingerprint density at radius 2 is 0.739 bits per heavy atom. The van der Waals surface area contributed by atoms with Gasteiger partial charge in [-0.25, -0.2) is 30.7 Å². The highest BCUT2D eigenvalue weighted by Crippen LogP contribution is 2.46. The van der Waals surface area contributed by atoms with E-state index in [0.717, 1.165) is 102 Å². The molecule has 8 aromatic carbocycles. The van der Waals surface area contributed by atoms with E-state index in [2.05, 4.69) is 54.5 Å². The minimum Gasteiger partial charge on any atom is -0.406 e. The summed E-state index contributed by atoms with van der Waals surface area (Å²) in [6.07, 6.45) is 12.9. The van der Waals surface area contributed by atoms with Crippen molar-refractivity contribution in [3.63, 3.8) is 0 Å². The highest BCUT2D eigenvalue weighted by molar-refractivity contribution is 5.75. The van der Waals surface area contributed by atoms with Crippen LogP contribution < -0.4 is 9.47 Å². The van der Waals surface area contributed by atoms with Crippen molar-refractivity contribution in [3.8, 4) is 67.1 Å². The third-order valence-electron chi connectivity index (χ3n) is 18.7. The molecule has 3 saturated carbocycles. The van der Waals surface area contributed by atoms with E-state index >= 15 is 0 Å². The van der Waals surface area contributed by atoms with Gasteiger partial charge in [-0.3, -0.25) is 0 Å². The van der Waals surface area contributed by atoms with Gasteiger partial charge in [0, 0.05) is 5.56 Å². The molecule has 0 spiro atoms. The lowest BCUT2D eigenvalue weighted by molar-refractivity contribution is -0.276. The van der Waals surface area contributed by atoms with Crippen LogP contribution in [-0.4, -0.2) is 12.7 Å². The summed E-state index contributed by atoms with van der Waals surface area (Å²) >= 11 is 0. The van der Waals surface area contributed by atoms with Crippen molar-refractivity contribution in [2.45, 2.75) is 161 Å². The molecule has 0 unspecified atom stereocenters. The second-order valence-corrected chi connectivity index (χ2v) is 24.9. The molecule has 0 atom stereocenters. The summed E-state index contributed by atoms with van der Waals surface area (Å²) < 4.78 is 180. The van der Waals surface area contributed by atoms with Crippen molar-refractivity contribution in [3.05, 3.63) is 215 Å². The van der Waals surface area contributed by atoms with Gasteiger partial charge in [0.25, 0.3) is 0 Å². The second-order valence-electron chi connectivity index (χ2n) is 24.9. The molecule has 0 aromatic heterocycles. The van der Waals surface area contributed by atoms with E-state index in [9.17, 15) is 57.1 Å². The molecule has 11 rings (SSSR count). The van der Waals surface area contributed by atoms with E-state index in [1.165, 1.54) is 125 Å². The first kappa shape index (κ1) is 68.8. The smallest absolute Gasteiger partial charge is 0.406 e. The Bertz CT molecular complexity index is 3600. The van der Waals surface area contributed by atoms with Gasteiger partial charge in [0.15, 0.2) is 29.0 Å². The summed E-state index contributed by atoms with van der Waals surface area (Å²) in [6, 6.07) is 41.0. The Morgan fingerprint density at radius 1 is 0.348 bits per heavy atom. The van der Waals surface area contributed by atoms with Crippen molar-refractivity contribution in [2.24, 2.45) is 23.7 Å². The van der Waals surface area contributed by atoms with Gasteiger partial charge in [0.05, 0.1) is 5.56 Å². The first-order chi connectivity index (χ1) is 44.0. The maximum Gasteiger partial charge on any atom is 0.573 e. The van der Waals surface area contributed by atoms with Gasteiger partial charge in [0.1, 0.15) is 23.2 Å². The highest BCUT2D eigenvalue weighted by Gasteiger charge is 2.34. The molecule has 15 heteroatoms. The zero-order valence-electron chi connectivity index (χ0n) is 51.9. The van der Waals surface area contributed by atoms with Gasteiger partial charge >= 0.3 is 12.7 Å². The van der Waals surface area contributed by atoms with E-state index in [-0.39, 0.29) is 22.4 Å². The van der Waals surface area contributed by atoms with E-state index in [4.69, 9.17) is 0 Å². The van der Waals surface area contributed by atoms with Crippen LogP contribution in [-0.2, 0) is 6.42 Å². The van der Waals surface area contributed by atoms with E-state index < -0.39 is 64.8 Å². The number of rotatable bonds is 16. The van der Waals surface area contributed by atoms with Crippen LogP contribution in [0.25, 0.3) is 55.6 Å². The van der Waals surface area contributed by atoms with Crippen LogP contribution in [0.1, 0.15) is 158 Å². The fourth-order valence-electron chi connectivity index (χ4n) is 13.9. The summed E-state index contributed by atoms with van der Waals surface area (Å²) in [6.45, 7) is 6.65. The molecule has 0 aliphatic heterocycles. The molecule has 2 nitrogen and oxygen atoms in total. The third-order valence-corrected chi connectivity index (χ3v) is 18.7. The summed E-state index contributed by atoms with van der Waals surface area (Å²) in [7, 11) is 0. The zero-order valence-corrected chi connectivity index (χ0v) is 51.9. The predicted molar refractivity (Wildman–Crippen MR) is 338 cm³/mol. The topological polar surface area (TPSA) is 18.5 Å². The molecule has 0 heterocycles. The average Bonchev–Trinajstić information content (AvgIpc) is 0.841. The SMILES string of the molecule is CCCC1CCC(C2CCC(c3ccc(OC(F)(F)F)cc3)CC2)CC1.CCCC1CCC(c2ccc(-c3cc(F)c(-c4ccc(OC(F)(F)F)c(F)c4)c(F)c3)cc2)CC1.CCCc1ccc(-c2ccc(-c3ccc(-c4cc(F)c(F)c(F)c4)c(F)c3)cc2)cc1. The minimum absolute atomic E-state index is 0.00494. The molecule has 488 valence electrons. The molecule has 3 fully saturated rings. The molecule has 0 amide bonds. The molecule has 0 radical (unpaired) electrons. The molecular weight excluding hydrogens is 1200 g/mol. The summed E-state index contributed by atoms with van der Waals surface area (Å²) in [5.74, 6) is -4.84. The molecule has 0 N–H and O–H groups in total. The van der Waals surface area contributed by atoms with Gasteiger partial charge in [-0.2, -0.15) is 0 Å². The first-order valence-corrected chi connectivity index (χ1v) is 32.2. The third kappa shape index (κ3) is 18.6. The molecule has 0 saturated heterocycles. The van der Waals surface area contributed by atoms with Gasteiger partial charge in [-0.15, -0.1) is 26.3 Å². The monoisotopic (exact) mass is 1280 g/mol. The van der Waals surface area contributed by atoms with Crippen LogP contribution in [0, 0.1) is 64.4 Å². The van der Waals surface area contributed by atoms with Crippen molar-refractivity contribution in [1.82, 2.24) is 0 Å². The van der Waals surface area contributed by atoms with Crippen LogP contribution in [0.15, 0.2) is 158 Å². The average molecular weight is 1280 g/mol. The van der Waals surface area contributed by atoms with E-state index in [0.29, 0.717) is 40.7 Å². The van der Waals surface area contributed by atoms with Crippen molar-refractivity contribution in [1.29, 1.82) is 0 Å². The normalized spacial score (nSPS) is 19.3. The number of hydrogen-bond acceptors (Lipinski definition) is 2. The van der Waals surface area contributed by atoms with Crippen molar-refractivity contribution >= 4 is 0 Å². The van der Waals surface area contributed by atoms with Crippen molar-refractivity contribution < 1.29 is 66.5 Å². The molecular formula is C77H77F13O2. The molecule has 3 aliphatic carbocycles. The molecule has 3 aliphatic rings. The molecule has 0 bridgehead atoms. The van der Waals surface area contributed by atoms with Crippen LogP contribution in [0.5, 0.6) is 11.5 Å². The van der Waals surface area contributed by atoms with Crippen LogP contribution in [0.4, 0.5) is 57.1 Å². The number of aryl methyl sites for hydroxylation is 1. The number of ether oxygens (including phenoxy) is 2. The zero-order chi connectivity index (χ0) is 65.7. The number of benzene rings is 8. The highest BCUT2D eigenvalue weighted by atomic mass is 19.4. The standard InChI is InChI=1S/C28H26F6O.C27H20F4.C22H31F3O/c1-2-3-17-4-6-18(7-5-17)19-8-10-20(11-9-19)22-15-24(30)27(25(31)16-22)21-12-13-26(23(29)14-21)35-28(32,33)34;1-2-3-17-4-6-18(7-5-17)19-8-10-20(11-9-19)21-12-13-23(24(28)14-21)22-15-25(29)27(31)26(30)16-22;1-2-3-16-4-6-17(7-5-16)18-8-10-19(11-9-18)20-12-14-21(15-13-20)26-22(23,24)25/h8-18H,2-7H2,1H3;4-16H,2-3H2,1H3;12-19H,2-11H2,1H3. The number of halogens is 13. The van der Waals surface area contributed by atoms with E-state index in [1.54, 1.807) is 6.07 Å². The molecule has 8 aromatic rings. The van der Waals surface area contributed by atoms with Gasteiger partial charge in [-0.05, 0) is 222 Å². The lowest BCUT2D eigenvalue weighted by Crippen LogP contribution is -2.25.